The monoisotopic (exact) mass is 343 g/mol. The molecule has 0 N–H and O–H groups in total. The Kier molecular flexibility index (Phi) is 5.04. The van der Waals surface area contributed by atoms with Crippen molar-refractivity contribution in [3.05, 3.63) is 63.9 Å². The molecule has 1 heterocycles. The van der Waals surface area contributed by atoms with E-state index in [0.29, 0.717) is 5.92 Å². The van der Waals surface area contributed by atoms with Crippen molar-refractivity contribution in [3.63, 3.8) is 0 Å². The Labute approximate surface area is 125 Å². The minimum Gasteiger partial charge on any atom is -0.263 e. The van der Waals surface area contributed by atoms with Crippen molar-refractivity contribution >= 4 is 39.1 Å². The summed E-state index contributed by atoms with van der Waals surface area (Å²) in [6, 6.07) is 9.92. The van der Waals surface area contributed by atoms with E-state index in [9.17, 15) is 0 Å². The van der Waals surface area contributed by atoms with Gasteiger partial charge in [0.15, 0.2) is 0 Å². The topological polar surface area (TPSA) is 12.9 Å². The fraction of sp³-hybridized carbons (Fsp3) is 0.214. The molecule has 0 saturated carbocycles. The number of benzene rings is 1. The molecule has 0 spiro atoms. The highest BCUT2D eigenvalue weighted by molar-refractivity contribution is 9.09. The second kappa shape index (κ2) is 6.55. The van der Waals surface area contributed by atoms with E-state index in [1.165, 1.54) is 5.56 Å². The van der Waals surface area contributed by atoms with Crippen LogP contribution in [-0.4, -0.2) is 10.3 Å². The van der Waals surface area contributed by atoms with Crippen LogP contribution < -0.4 is 0 Å². The van der Waals surface area contributed by atoms with E-state index in [1.807, 2.05) is 18.2 Å². The Morgan fingerprint density at radius 3 is 2.44 bits per heavy atom. The summed E-state index contributed by atoms with van der Waals surface area (Å²) in [6.45, 7) is 0. The molecule has 0 aliphatic rings. The molecule has 0 fully saturated rings. The molecule has 0 saturated heterocycles. The van der Waals surface area contributed by atoms with Gasteiger partial charge in [-0.05, 0) is 41.7 Å². The smallest absolute Gasteiger partial charge is 0.0621 e. The van der Waals surface area contributed by atoms with Crippen molar-refractivity contribution in [2.75, 3.05) is 5.33 Å². The first-order chi connectivity index (χ1) is 8.70. The summed E-state index contributed by atoms with van der Waals surface area (Å²) in [7, 11) is 0. The lowest BCUT2D eigenvalue weighted by Crippen LogP contribution is -2.05. The lowest BCUT2D eigenvalue weighted by molar-refractivity contribution is 0.774. The van der Waals surface area contributed by atoms with Crippen LogP contribution >= 0.6 is 39.1 Å². The zero-order valence-electron chi connectivity index (χ0n) is 9.61. The highest BCUT2D eigenvalue weighted by Gasteiger charge is 2.12. The molecule has 0 aliphatic carbocycles. The van der Waals surface area contributed by atoms with Gasteiger partial charge < -0.3 is 0 Å². The predicted octanol–water partition coefficient (Wildman–Crippen LogP) is 5.11. The molecule has 1 atom stereocenters. The first-order valence-corrected chi connectivity index (χ1v) is 7.48. The number of nitrogens with zero attached hydrogens (tertiary/aromatic N) is 1. The molecule has 2 aromatic rings. The fourth-order valence-electron chi connectivity index (χ4n) is 1.83. The largest absolute Gasteiger partial charge is 0.263 e. The highest BCUT2D eigenvalue weighted by Crippen LogP contribution is 2.27. The van der Waals surface area contributed by atoms with Crippen molar-refractivity contribution in [2.24, 2.45) is 0 Å². The van der Waals surface area contributed by atoms with Crippen LogP contribution in [0.5, 0.6) is 0 Å². The van der Waals surface area contributed by atoms with E-state index in [4.69, 9.17) is 23.2 Å². The van der Waals surface area contributed by atoms with E-state index in [2.05, 4.69) is 33.0 Å². The molecule has 1 aromatic carbocycles. The number of pyridine rings is 1. The summed E-state index contributed by atoms with van der Waals surface area (Å²) in [5.41, 5.74) is 2.37. The molecule has 1 nitrogen and oxygen atoms in total. The van der Waals surface area contributed by atoms with E-state index in [1.54, 1.807) is 12.4 Å². The van der Waals surface area contributed by atoms with Gasteiger partial charge in [0.1, 0.15) is 0 Å². The van der Waals surface area contributed by atoms with Crippen LogP contribution in [0.4, 0.5) is 0 Å². The maximum Gasteiger partial charge on any atom is 0.0621 e. The van der Waals surface area contributed by atoms with Gasteiger partial charge in [-0.3, -0.25) is 4.98 Å². The zero-order chi connectivity index (χ0) is 13.0. The second-order valence-electron chi connectivity index (χ2n) is 4.07. The lowest BCUT2D eigenvalue weighted by Gasteiger charge is -2.15. The van der Waals surface area contributed by atoms with Crippen LogP contribution in [0.2, 0.25) is 10.0 Å². The minimum absolute atomic E-state index is 0.377. The normalized spacial score (nSPS) is 12.4. The van der Waals surface area contributed by atoms with Crippen LogP contribution in [-0.2, 0) is 6.42 Å². The maximum absolute atomic E-state index is 6.14. The number of halogens is 3. The van der Waals surface area contributed by atoms with Gasteiger partial charge >= 0.3 is 0 Å². The third-order valence-corrected chi connectivity index (χ3v) is 4.22. The molecule has 94 valence electrons. The van der Waals surface area contributed by atoms with E-state index in [0.717, 1.165) is 27.4 Å². The molecule has 0 bridgehead atoms. The first-order valence-electron chi connectivity index (χ1n) is 5.60. The van der Waals surface area contributed by atoms with Gasteiger partial charge in [-0.2, -0.15) is 0 Å². The molecule has 18 heavy (non-hydrogen) atoms. The SMILES string of the molecule is Clc1ccc(C(CBr)Cc2ccncc2Cl)cc1. The number of alkyl halides is 1. The number of hydrogen-bond acceptors (Lipinski definition) is 1. The molecule has 0 radical (unpaired) electrons. The second-order valence-corrected chi connectivity index (χ2v) is 5.57. The van der Waals surface area contributed by atoms with Gasteiger partial charge in [0.25, 0.3) is 0 Å². The lowest BCUT2D eigenvalue weighted by atomic mass is 9.94. The molecular formula is C14H12BrCl2N. The third kappa shape index (κ3) is 3.47. The average molecular weight is 345 g/mol. The average Bonchev–Trinajstić information content (AvgIpc) is 2.39. The van der Waals surface area contributed by atoms with Crippen LogP contribution in [0, 0.1) is 0 Å². The summed E-state index contributed by atoms with van der Waals surface area (Å²) in [5, 5.41) is 2.36. The number of aromatic nitrogens is 1. The van der Waals surface area contributed by atoms with Gasteiger partial charge in [0.2, 0.25) is 0 Å². The quantitative estimate of drug-likeness (QED) is 0.702. The minimum atomic E-state index is 0.377. The molecular weight excluding hydrogens is 333 g/mol. The van der Waals surface area contributed by atoms with Crippen LogP contribution in [0.25, 0.3) is 0 Å². The molecule has 1 aromatic heterocycles. The summed E-state index contributed by atoms with van der Waals surface area (Å²) in [6.07, 6.45) is 4.34. The molecule has 4 heteroatoms. The van der Waals surface area contributed by atoms with Crippen molar-refractivity contribution in [1.82, 2.24) is 4.98 Å². The summed E-state index contributed by atoms with van der Waals surface area (Å²) in [5.74, 6) is 0.377. The van der Waals surface area contributed by atoms with Gasteiger partial charge in [-0.25, -0.2) is 0 Å². The highest BCUT2D eigenvalue weighted by atomic mass is 79.9. The standard InChI is InChI=1S/C14H12BrCl2N/c15-8-12(10-1-3-13(16)4-2-10)7-11-5-6-18-9-14(11)17/h1-6,9,12H,7-8H2. The summed E-state index contributed by atoms with van der Waals surface area (Å²) in [4.78, 5) is 4.00. The predicted molar refractivity (Wildman–Crippen MR) is 80.9 cm³/mol. The van der Waals surface area contributed by atoms with Gasteiger partial charge in [-0.15, -0.1) is 0 Å². The Bertz CT molecular complexity index is 513. The van der Waals surface area contributed by atoms with Crippen LogP contribution in [0.1, 0.15) is 17.0 Å². The molecule has 0 aliphatic heterocycles. The van der Waals surface area contributed by atoms with Crippen LogP contribution in [0.3, 0.4) is 0 Å². The van der Waals surface area contributed by atoms with Crippen molar-refractivity contribution in [1.29, 1.82) is 0 Å². The van der Waals surface area contributed by atoms with E-state index in [-0.39, 0.29) is 0 Å². The summed E-state index contributed by atoms with van der Waals surface area (Å²) >= 11 is 15.6. The number of hydrogen-bond donors (Lipinski definition) is 0. The maximum atomic E-state index is 6.14. The molecule has 0 amide bonds. The van der Waals surface area contributed by atoms with Gasteiger partial charge in [-0.1, -0.05) is 51.3 Å². The Hall–Kier alpha value is -0.570. The Balaban J connectivity index is 2.20. The van der Waals surface area contributed by atoms with Crippen molar-refractivity contribution in [3.8, 4) is 0 Å². The molecule has 2 rings (SSSR count). The van der Waals surface area contributed by atoms with Crippen molar-refractivity contribution < 1.29 is 0 Å². The third-order valence-electron chi connectivity index (χ3n) is 2.85. The summed E-state index contributed by atoms with van der Waals surface area (Å²) < 4.78 is 0. The van der Waals surface area contributed by atoms with Crippen molar-refractivity contribution in [2.45, 2.75) is 12.3 Å². The molecule has 1 unspecified atom stereocenters. The van der Waals surface area contributed by atoms with Gasteiger partial charge in [0.05, 0.1) is 5.02 Å². The van der Waals surface area contributed by atoms with Crippen LogP contribution in [0.15, 0.2) is 42.7 Å². The Morgan fingerprint density at radius 1 is 1.11 bits per heavy atom. The zero-order valence-corrected chi connectivity index (χ0v) is 12.7. The first kappa shape index (κ1) is 13.9. The van der Waals surface area contributed by atoms with Gasteiger partial charge in [0, 0.05) is 22.7 Å². The number of rotatable bonds is 4. The van der Waals surface area contributed by atoms with E-state index < -0.39 is 0 Å². The van der Waals surface area contributed by atoms with E-state index >= 15 is 0 Å². The Morgan fingerprint density at radius 2 is 1.83 bits per heavy atom. The fourth-order valence-corrected chi connectivity index (χ4v) is 2.76.